The van der Waals surface area contributed by atoms with Gasteiger partial charge in [-0.05, 0) is 71.5 Å². The van der Waals surface area contributed by atoms with E-state index in [1.807, 2.05) is 103 Å². The first-order valence-electron chi connectivity index (χ1n) is 16.2. The summed E-state index contributed by atoms with van der Waals surface area (Å²) in [6, 6.07) is 61.7. The van der Waals surface area contributed by atoms with Gasteiger partial charge in [-0.3, -0.25) is 0 Å². The van der Waals surface area contributed by atoms with E-state index in [1.54, 1.807) is 0 Å². The molecule has 6 rings (SSSR count). The lowest BCUT2D eigenvalue weighted by molar-refractivity contribution is 0.193. The van der Waals surface area contributed by atoms with Gasteiger partial charge in [-0.1, -0.05) is 150 Å². The molecule has 0 unspecified atom stereocenters. The maximum absolute atomic E-state index is 11.5. The molecular formula is C42H38BNO3S. The Morgan fingerprint density at radius 3 is 1.42 bits per heavy atom. The normalized spacial score (nSPS) is 11.8. The summed E-state index contributed by atoms with van der Waals surface area (Å²) in [4.78, 5) is 1.94. The number of nitriles is 1. The Hall–Kier alpha value is -4.90. The minimum absolute atomic E-state index is 0.297. The third kappa shape index (κ3) is 7.31. The summed E-state index contributed by atoms with van der Waals surface area (Å²) >= 11 is 0. The summed E-state index contributed by atoms with van der Waals surface area (Å²) in [6.07, 6.45) is 1.44. The van der Waals surface area contributed by atoms with Crippen LogP contribution in [-0.4, -0.2) is 19.0 Å². The Bertz CT molecular complexity index is 1750. The molecule has 0 saturated heterocycles. The lowest BCUT2D eigenvalue weighted by atomic mass is 9.67. The van der Waals surface area contributed by atoms with Crippen molar-refractivity contribution in [2.75, 3.05) is 6.61 Å². The highest BCUT2D eigenvalue weighted by molar-refractivity contribution is 8.29. The Morgan fingerprint density at radius 1 is 0.583 bits per heavy atom. The van der Waals surface area contributed by atoms with Crippen molar-refractivity contribution in [3.63, 3.8) is 0 Å². The third-order valence-corrected chi connectivity index (χ3v) is 12.0. The molecule has 48 heavy (non-hydrogen) atoms. The average Bonchev–Trinajstić information content (AvgIpc) is 3.17. The molecule has 6 aromatic carbocycles. The molecule has 6 heteroatoms. The van der Waals surface area contributed by atoms with Crippen molar-refractivity contribution < 1.29 is 13.8 Å². The van der Waals surface area contributed by atoms with Gasteiger partial charge in [0.1, 0.15) is 0 Å². The minimum Gasteiger partial charge on any atom is -0.401 e. The van der Waals surface area contributed by atoms with Crippen LogP contribution in [0.3, 0.4) is 0 Å². The van der Waals surface area contributed by atoms with Crippen molar-refractivity contribution in [1.82, 2.24) is 0 Å². The SMILES string of the molecule is N#Cc1ccc(CS(OB(O)OCCCC(c2ccccc2)(c2ccccc2)c2ccccc2)(c2ccccc2)c2ccccc2)cc1. The number of benzene rings is 6. The number of hydrogen-bond donors (Lipinski definition) is 1. The van der Waals surface area contributed by atoms with Crippen LogP contribution in [0.1, 0.15) is 40.7 Å². The molecular weight excluding hydrogens is 609 g/mol. The highest BCUT2D eigenvalue weighted by Gasteiger charge is 2.38. The molecule has 238 valence electrons. The molecule has 0 aliphatic rings. The quantitative estimate of drug-likeness (QED) is 0.0727. The highest BCUT2D eigenvalue weighted by atomic mass is 32.3. The molecule has 4 nitrogen and oxygen atoms in total. The van der Waals surface area contributed by atoms with Crippen LogP contribution in [0, 0.1) is 11.3 Å². The van der Waals surface area contributed by atoms with Crippen molar-refractivity contribution in [2.24, 2.45) is 0 Å². The first-order valence-corrected chi connectivity index (χ1v) is 17.9. The zero-order valence-corrected chi connectivity index (χ0v) is 27.6. The van der Waals surface area contributed by atoms with E-state index in [9.17, 15) is 10.3 Å². The van der Waals surface area contributed by atoms with Crippen molar-refractivity contribution in [3.05, 3.63) is 204 Å². The predicted molar refractivity (Wildman–Crippen MR) is 195 cm³/mol. The topological polar surface area (TPSA) is 62.5 Å². The monoisotopic (exact) mass is 647 g/mol. The summed E-state index contributed by atoms with van der Waals surface area (Å²) in [6.45, 7) is 0.297. The van der Waals surface area contributed by atoms with Crippen LogP contribution in [0.5, 0.6) is 0 Å². The van der Waals surface area contributed by atoms with E-state index in [0.29, 0.717) is 24.3 Å². The second kappa shape index (κ2) is 15.8. The average molecular weight is 648 g/mol. The van der Waals surface area contributed by atoms with Crippen LogP contribution in [0.2, 0.25) is 0 Å². The summed E-state index contributed by atoms with van der Waals surface area (Å²) in [5.41, 5.74) is 4.81. The largest absolute Gasteiger partial charge is 0.647 e. The third-order valence-electron chi connectivity index (χ3n) is 8.70. The fourth-order valence-corrected chi connectivity index (χ4v) is 9.52. The maximum atomic E-state index is 11.5. The molecule has 0 bridgehead atoms. The van der Waals surface area contributed by atoms with E-state index in [0.717, 1.165) is 21.8 Å². The van der Waals surface area contributed by atoms with Crippen LogP contribution >= 0.6 is 10.3 Å². The van der Waals surface area contributed by atoms with Gasteiger partial charge < -0.3 is 13.8 Å². The van der Waals surface area contributed by atoms with Crippen molar-refractivity contribution in [2.45, 2.75) is 33.8 Å². The van der Waals surface area contributed by atoms with Gasteiger partial charge in [-0.2, -0.15) is 5.26 Å². The van der Waals surface area contributed by atoms with Gasteiger partial charge in [-0.25, -0.2) is 0 Å². The molecule has 0 saturated carbocycles. The van der Waals surface area contributed by atoms with Crippen LogP contribution < -0.4 is 0 Å². The van der Waals surface area contributed by atoms with Crippen LogP contribution in [0.15, 0.2) is 186 Å². The predicted octanol–water partition coefficient (Wildman–Crippen LogP) is 9.72. The summed E-state index contributed by atoms with van der Waals surface area (Å²) in [7, 11) is -3.74. The highest BCUT2D eigenvalue weighted by Crippen LogP contribution is 2.65. The van der Waals surface area contributed by atoms with Crippen LogP contribution in [-0.2, 0) is 19.9 Å². The van der Waals surface area contributed by atoms with Crippen LogP contribution in [0.4, 0.5) is 0 Å². The summed E-state index contributed by atoms with van der Waals surface area (Å²) in [5, 5.41) is 20.8. The minimum atomic E-state index is -2.28. The molecule has 0 atom stereocenters. The van der Waals surface area contributed by atoms with E-state index in [1.165, 1.54) is 16.7 Å². The Labute approximate surface area is 286 Å². The molecule has 0 aliphatic carbocycles. The molecule has 0 fully saturated rings. The molecule has 1 N–H and O–H groups in total. The zero-order valence-electron chi connectivity index (χ0n) is 26.8. The van der Waals surface area contributed by atoms with Gasteiger partial charge in [0.05, 0.1) is 11.6 Å². The van der Waals surface area contributed by atoms with Gasteiger partial charge in [0.25, 0.3) is 0 Å². The number of hydrogen-bond acceptors (Lipinski definition) is 4. The lowest BCUT2D eigenvalue weighted by Crippen LogP contribution is -2.31. The summed E-state index contributed by atoms with van der Waals surface area (Å²) < 4.78 is 12.8. The zero-order chi connectivity index (χ0) is 33.1. The number of rotatable bonds is 14. The molecule has 0 radical (unpaired) electrons. The van der Waals surface area contributed by atoms with Gasteiger partial charge in [-0.15, -0.1) is 0 Å². The van der Waals surface area contributed by atoms with Crippen molar-refractivity contribution in [1.29, 1.82) is 5.26 Å². The van der Waals surface area contributed by atoms with E-state index in [2.05, 4.69) is 78.9 Å². The smallest absolute Gasteiger partial charge is 0.401 e. The molecule has 0 amide bonds. The molecule has 6 aromatic rings. The van der Waals surface area contributed by atoms with Crippen LogP contribution in [0.25, 0.3) is 0 Å². The van der Waals surface area contributed by atoms with E-state index in [4.69, 9.17) is 8.75 Å². The van der Waals surface area contributed by atoms with Gasteiger partial charge >= 0.3 is 7.32 Å². The second-order valence-electron chi connectivity index (χ2n) is 11.6. The first-order chi connectivity index (χ1) is 23.6. The molecule has 0 heterocycles. The van der Waals surface area contributed by atoms with E-state index in [-0.39, 0.29) is 0 Å². The molecule has 0 aliphatic heterocycles. The molecule has 0 aromatic heterocycles. The van der Waals surface area contributed by atoms with Crippen molar-refractivity contribution in [3.8, 4) is 6.07 Å². The van der Waals surface area contributed by atoms with E-state index >= 15 is 0 Å². The Kier molecular flexibility index (Phi) is 10.9. The van der Waals surface area contributed by atoms with Crippen molar-refractivity contribution >= 4 is 17.6 Å². The Morgan fingerprint density at radius 2 is 1.00 bits per heavy atom. The number of nitrogens with zero attached hydrogens (tertiary/aromatic N) is 1. The maximum Gasteiger partial charge on any atom is 0.647 e. The lowest BCUT2D eigenvalue weighted by Gasteiger charge is -2.41. The summed E-state index contributed by atoms with van der Waals surface area (Å²) in [5.74, 6) is 0.506. The standard InChI is InChI=1S/C42H38BNO3S/c44-33-35-27-29-36(30-28-35)34-48(40-23-12-4-13-24-40,41-25-14-5-15-26-41)47-43(45)46-32-16-31-42(37-17-6-1-7-18-37,38-19-8-2-9-20-38)39-21-10-3-11-22-39/h1-15,17-30,45H,16,31-32,34H2. The fraction of sp³-hybridized carbons (Fsp3) is 0.119. The van der Waals surface area contributed by atoms with E-state index < -0.39 is 23.0 Å². The molecule has 0 spiro atoms. The van der Waals surface area contributed by atoms with Gasteiger partial charge in [0.2, 0.25) is 0 Å². The second-order valence-corrected chi connectivity index (χ2v) is 14.4. The first kappa shape index (κ1) is 33.0. The fourth-order valence-electron chi connectivity index (χ4n) is 6.43. The van der Waals surface area contributed by atoms with Gasteiger partial charge in [0, 0.05) is 27.6 Å². The Balaban J connectivity index is 1.28. The van der Waals surface area contributed by atoms with Gasteiger partial charge in [0.15, 0.2) is 0 Å².